The van der Waals surface area contributed by atoms with E-state index < -0.39 is 0 Å². The normalized spacial score (nSPS) is 17.7. The van der Waals surface area contributed by atoms with Crippen molar-refractivity contribution in [2.45, 2.75) is 19.9 Å². The molecule has 23 heavy (non-hydrogen) atoms. The molecule has 0 amide bonds. The van der Waals surface area contributed by atoms with Gasteiger partial charge >= 0.3 is 5.82 Å². The molecule has 0 aromatic carbocycles. The Hall–Kier alpha value is -1.71. The number of aromatic nitrogens is 2. The maximum atomic E-state index is 11.4. The van der Waals surface area contributed by atoms with Crippen LogP contribution in [-0.4, -0.2) is 58.1 Å². The predicted octanol–water partition coefficient (Wildman–Crippen LogP) is 2.07. The van der Waals surface area contributed by atoms with Gasteiger partial charge in [-0.3, -0.25) is 4.90 Å². The summed E-state index contributed by atoms with van der Waals surface area (Å²) < 4.78 is 6.93. The van der Waals surface area contributed by atoms with Gasteiger partial charge in [-0.2, -0.15) is 9.38 Å². The lowest BCUT2D eigenvalue weighted by molar-refractivity contribution is -0.389. The van der Waals surface area contributed by atoms with E-state index in [1.807, 2.05) is 0 Å². The maximum Gasteiger partial charge on any atom is 0.372 e. The summed E-state index contributed by atoms with van der Waals surface area (Å²) in [5.74, 6) is 0.787. The molecule has 126 valence electrons. The van der Waals surface area contributed by atoms with Crippen LogP contribution in [0.15, 0.2) is 11.6 Å². The first-order valence-corrected chi connectivity index (χ1v) is 8.61. The van der Waals surface area contributed by atoms with Crippen molar-refractivity contribution in [1.82, 2.24) is 14.3 Å². The number of imidazole rings is 1. The third kappa shape index (κ3) is 3.31. The van der Waals surface area contributed by atoms with Crippen LogP contribution in [0.25, 0.3) is 4.96 Å². The van der Waals surface area contributed by atoms with Crippen LogP contribution in [0, 0.1) is 16.0 Å². The molecule has 1 aliphatic heterocycles. The van der Waals surface area contributed by atoms with Gasteiger partial charge in [0.05, 0.1) is 13.2 Å². The van der Waals surface area contributed by atoms with Gasteiger partial charge in [0.25, 0.3) is 4.96 Å². The molecule has 1 saturated heterocycles. The van der Waals surface area contributed by atoms with E-state index >= 15 is 0 Å². The Bertz CT molecular complexity index is 677. The highest BCUT2D eigenvalue weighted by molar-refractivity contribution is 7.15. The van der Waals surface area contributed by atoms with Crippen molar-refractivity contribution in [3.05, 3.63) is 21.7 Å². The van der Waals surface area contributed by atoms with Crippen LogP contribution in [0.4, 0.5) is 11.6 Å². The molecule has 1 unspecified atom stereocenters. The molecule has 0 bridgehead atoms. The highest BCUT2D eigenvalue weighted by Gasteiger charge is 2.27. The zero-order valence-electron chi connectivity index (χ0n) is 13.3. The minimum absolute atomic E-state index is 0.00531. The standard InChI is InChI=1S/C14H21N5O3S/c1-10(2)11(17-3-6-22-7-4-17)9-15-12-13(19(20)21)18-5-8-23-14(18)16-12/h5,8,10-11,15H,3-4,6-7,9H2,1-2H3. The molecule has 0 radical (unpaired) electrons. The summed E-state index contributed by atoms with van der Waals surface area (Å²) in [7, 11) is 0. The number of nitrogens with one attached hydrogen (secondary N) is 1. The molecular formula is C14H21N5O3S. The van der Waals surface area contributed by atoms with Gasteiger partial charge in [-0.15, -0.1) is 0 Å². The lowest BCUT2D eigenvalue weighted by atomic mass is 10.0. The number of morpholine rings is 1. The molecular weight excluding hydrogens is 318 g/mol. The van der Waals surface area contributed by atoms with Gasteiger partial charge < -0.3 is 20.2 Å². The largest absolute Gasteiger partial charge is 0.379 e. The number of ether oxygens (including phenoxy) is 1. The van der Waals surface area contributed by atoms with Crippen LogP contribution in [0.5, 0.6) is 0 Å². The molecule has 1 N–H and O–H groups in total. The first-order valence-electron chi connectivity index (χ1n) is 7.73. The van der Waals surface area contributed by atoms with Gasteiger partial charge in [-0.05, 0) is 10.8 Å². The summed E-state index contributed by atoms with van der Waals surface area (Å²) in [5.41, 5.74) is 0. The number of hydrogen-bond donors (Lipinski definition) is 1. The molecule has 1 fully saturated rings. The molecule has 3 heterocycles. The van der Waals surface area contributed by atoms with E-state index in [0.29, 0.717) is 29.3 Å². The van der Waals surface area contributed by atoms with Crippen LogP contribution in [0.2, 0.25) is 0 Å². The Labute approximate surface area is 138 Å². The first kappa shape index (κ1) is 16.2. The molecule has 2 aromatic rings. The molecule has 0 aliphatic carbocycles. The summed E-state index contributed by atoms with van der Waals surface area (Å²) in [4.78, 5) is 18.3. The lowest BCUT2D eigenvalue weighted by Crippen LogP contribution is -2.49. The Kier molecular flexibility index (Phi) is 4.79. The molecule has 3 rings (SSSR count). The van der Waals surface area contributed by atoms with Crippen LogP contribution >= 0.6 is 11.3 Å². The van der Waals surface area contributed by atoms with Gasteiger partial charge in [0.15, 0.2) is 0 Å². The summed E-state index contributed by atoms with van der Waals surface area (Å²) in [6.45, 7) is 8.23. The average Bonchev–Trinajstić information content (AvgIpc) is 3.08. The van der Waals surface area contributed by atoms with Gasteiger partial charge in [-0.1, -0.05) is 25.2 Å². The van der Waals surface area contributed by atoms with Crippen LogP contribution in [-0.2, 0) is 4.74 Å². The van der Waals surface area contributed by atoms with Gasteiger partial charge in [0, 0.05) is 31.1 Å². The van der Waals surface area contributed by atoms with E-state index in [1.165, 1.54) is 15.7 Å². The van der Waals surface area contributed by atoms with E-state index in [9.17, 15) is 10.1 Å². The number of thiazole rings is 1. The van der Waals surface area contributed by atoms with Crippen molar-refractivity contribution in [2.75, 3.05) is 38.2 Å². The minimum atomic E-state index is -0.381. The molecule has 0 spiro atoms. The quantitative estimate of drug-likeness (QED) is 0.641. The number of nitro groups is 1. The Morgan fingerprint density at radius 3 is 2.87 bits per heavy atom. The van der Waals surface area contributed by atoms with Crippen molar-refractivity contribution in [3.63, 3.8) is 0 Å². The van der Waals surface area contributed by atoms with E-state index in [0.717, 1.165) is 26.3 Å². The third-order valence-corrected chi connectivity index (χ3v) is 4.93. The van der Waals surface area contributed by atoms with Gasteiger partial charge in [0.2, 0.25) is 5.82 Å². The predicted molar refractivity (Wildman–Crippen MR) is 89.2 cm³/mol. The Morgan fingerprint density at radius 2 is 2.22 bits per heavy atom. The summed E-state index contributed by atoms with van der Waals surface area (Å²) in [6.07, 6.45) is 1.68. The van der Waals surface area contributed by atoms with Crippen LogP contribution in [0.3, 0.4) is 0 Å². The van der Waals surface area contributed by atoms with E-state index in [2.05, 4.69) is 29.0 Å². The number of nitrogens with zero attached hydrogens (tertiary/aromatic N) is 4. The summed E-state index contributed by atoms with van der Waals surface area (Å²) >= 11 is 1.39. The zero-order chi connectivity index (χ0) is 16.4. The lowest BCUT2D eigenvalue weighted by Gasteiger charge is -2.36. The monoisotopic (exact) mass is 339 g/mol. The van der Waals surface area contributed by atoms with Crippen molar-refractivity contribution in [1.29, 1.82) is 0 Å². The fraction of sp³-hybridized carbons (Fsp3) is 0.643. The second kappa shape index (κ2) is 6.81. The topological polar surface area (TPSA) is 84.9 Å². The van der Waals surface area contributed by atoms with Crippen molar-refractivity contribution in [2.24, 2.45) is 5.92 Å². The zero-order valence-corrected chi connectivity index (χ0v) is 14.1. The number of hydrogen-bond acceptors (Lipinski definition) is 7. The number of fused-ring (bicyclic) bond motifs is 1. The smallest absolute Gasteiger partial charge is 0.372 e. The second-order valence-corrected chi connectivity index (χ2v) is 6.81. The van der Waals surface area contributed by atoms with E-state index in [-0.39, 0.29) is 10.7 Å². The van der Waals surface area contributed by atoms with E-state index in [1.54, 1.807) is 11.6 Å². The van der Waals surface area contributed by atoms with Crippen molar-refractivity contribution >= 4 is 27.9 Å². The summed E-state index contributed by atoms with van der Waals surface area (Å²) in [6, 6.07) is 0.290. The molecule has 8 nitrogen and oxygen atoms in total. The first-order chi connectivity index (χ1) is 11.1. The Balaban J connectivity index is 1.76. The number of anilines is 1. The fourth-order valence-corrected chi connectivity index (χ4v) is 3.67. The maximum absolute atomic E-state index is 11.4. The van der Waals surface area contributed by atoms with Gasteiger partial charge in [-0.25, -0.2) is 0 Å². The highest BCUT2D eigenvalue weighted by Crippen LogP contribution is 2.28. The summed E-state index contributed by atoms with van der Waals surface area (Å²) in [5, 5.41) is 16.4. The fourth-order valence-electron chi connectivity index (χ4n) is 2.96. The SMILES string of the molecule is CC(C)C(CNc1nc2sccn2c1[N+](=O)[O-])N1CCOCC1. The van der Waals surface area contributed by atoms with Gasteiger partial charge in [0.1, 0.15) is 6.20 Å². The highest BCUT2D eigenvalue weighted by atomic mass is 32.1. The molecule has 9 heteroatoms. The molecule has 1 atom stereocenters. The Morgan fingerprint density at radius 1 is 1.48 bits per heavy atom. The molecule has 1 aliphatic rings. The van der Waals surface area contributed by atoms with Crippen molar-refractivity contribution < 1.29 is 9.66 Å². The molecule has 0 saturated carbocycles. The average molecular weight is 339 g/mol. The van der Waals surface area contributed by atoms with Crippen molar-refractivity contribution in [3.8, 4) is 0 Å². The molecule has 2 aromatic heterocycles. The second-order valence-electron chi connectivity index (χ2n) is 5.94. The minimum Gasteiger partial charge on any atom is -0.379 e. The van der Waals surface area contributed by atoms with E-state index in [4.69, 9.17) is 4.74 Å². The van der Waals surface area contributed by atoms with Crippen LogP contribution < -0.4 is 5.32 Å². The van der Waals surface area contributed by atoms with Crippen LogP contribution in [0.1, 0.15) is 13.8 Å². The number of rotatable bonds is 6. The third-order valence-electron chi connectivity index (χ3n) is 4.17.